The van der Waals surface area contributed by atoms with Crippen LogP contribution in [0.4, 0.5) is 0 Å². The highest BCUT2D eigenvalue weighted by atomic mass is 32.1. The Kier molecular flexibility index (Phi) is 7.42. The van der Waals surface area contributed by atoms with E-state index in [1.165, 1.54) is 0 Å². The van der Waals surface area contributed by atoms with E-state index in [9.17, 15) is 10.2 Å². The zero-order valence-electron chi connectivity index (χ0n) is 15.5. The molecule has 0 aliphatic heterocycles. The van der Waals surface area contributed by atoms with E-state index < -0.39 is 11.2 Å². The first-order chi connectivity index (χ1) is 9.43. The van der Waals surface area contributed by atoms with Crippen molar-refractivity contribution in [3.63, 3.8) is 0 Å². The summed E-state index contributed by atoms with van der Waals surface area (Å²) in [5.41, 5.74) is -1.74. The predicted molar refractivity (Wildman–Crippen MR) is 103 cm³/mol. The van der Waals surface area contributed by atoms with E-state index in [1.54, 1.807) is 4.90 Å². The third kappa shape index (κ3) is 10.8. The van der Waals surface area contributed by atoms with Gasteiger partial charge in [0.25, 0.3) is 0 Å². The van der Waals surface area contributed by atoms with Crippen LogP contribution in [-0.2, 0) is 0 Å². The molecule has 0 aromatic heterocycles. The summed E-state index contributed by atoms with van der Waals surface area (Å²) in [6, 6.07) is 0. The van der Waals surface area contributed by atoms with Gasteiger partial charge in [-0.25, -0.2) is 0 Å². The van der Waals surface area contributed by atoms with Gasteiger partial charge < -0.3 is 15.1 Å². The summed E-state index contributed by atoms with van der Waals surface area (Å²) in [7, 11) is 0. The van der Waals surface area contributed by atoms with Gasteiger partial charge in [-0.2, -0.15) is 0 Å². The van der Waals surface area contributed by atoms with Crippen molar-refractivity contribution in [2.45, 2.75) is 79.4 Å². The van der Waals surface area contributed by atoms with Gasteiger partial charge in [0.2, 0.25) is 0 Å². The highest BCUT2D eigenvalue weighted by Gasteiger charge is 2.34. The molecule has 3 nitrogen and oxygen atoms in total. The first kappa shape index (κ1) is 22.2. The number of thiol groups is 1. The molecule has 5 heteroatoms. The number of rotatable bonds is 6. The van der Waals surface area contributed by atoms with E-state index in [1.807, 2.05) is 13.8 Å². The van der Waals surface area contributed by atoms with Gasteiger partial charge in [-0.3, -0.25) is 0 Å². The highest BCUT2D eigenvalue weighted by molar-refractivity contribution is 8.10. The van der Waals surface area contributed by atoms with Gasteiger partial charge in [0.05, 0.1) is 11.2 Å². The van der Waals surface area contributed by atoms with Crippen LogP contribution in [0.3, 0.4) is 0 Å². The lowest BCUT2D eigenvalue weighted by Gasteiger charge is -2.40. The minimum atomic E-state index is -0.886. The molecular formula is C17H35NO2S2. The van der Waals surface area contributed by atoms with Gasteiger partial charge in [-0.15, -0.1) is 12.6 Å². The molecule has 0 aliphatic rings. The minimum absolute atomic E-state index is 0.0152. The van der Waals surface area contributed by atoms with Gasteiger partial charge in [-0.1, -0.05) is 53.8 Å². The Morgan fingerprint density at radius 1 is 0.818 bits per heavy atom. The normalized spacial score (nSPS) is 18.5. The van der Waals surface area contributed by atoms with E-state index in [-0.39, 0.29) is 10.8 Å². The van der Waals surface area contributed by atoms with Crippen LogP contribution in [0.2, 0.25) is 0 Å². The Labute approximate surface area is 147 Å². The number of hydrogen-bond donors (Lipinski definition) is 3. The standard InChI is InChI=1S/C17H35NO2S2/c1-14(2,3)9-16(7,19)11-18(13(21)22)12-17(8,20)10-15(4,5)6/h19-20H,9-12H2,1-8H3,(H,21,22). The lowest BCUT2D eigenvalue weighted by atomic mass is 9.81. The molecule has 2 unspecified atom stereocenters. The zero-order chi connectivity index (χ0) is 18.0. The fourth-order valence-electron chi connectivity index (χ4n) is 3.41. The molecule has 22 heavy (non-hydrogen) atoms. The Balaban J connectivity index is 4.99. The van der Waals surface area contributed by atoms with Crippen LogP contribution in [0.15, 0.2) is 0 Å². The monoisotopic (exact) mass is 349 g/mol. The lowest BCUT2D eigenvalue weighted by molar-refractivity contribution is -0.0302. The van der Waals surface area contributed by atoms with Crippen molar-refractivity contribution in [1.82, 2.24) is 4.90 Å². The number of thiocarbonyl (C=S) groups is 1. The second-order valence-electron chi connectivity index (χ2n) is 9.61. The molecule has 0 bridgehead atoms. The molecule has 0 aromatic carbocycles. The van der Waals surface area contributed by atoms with Crippen LogP contribution in [-0.4, -0.2) is 43.7 Å². The molecule has 0 aliphatic carbocycles. The summed E-state index contributed by atoms with van der Waals surface area (Å²) < 4.78 is 0.406. The maximum atomic E-state index is 10.7. The fourth-order valence-corrected chi connectivity index (χ4v) is 3.68. The third-order valence-electron chi connectivity index (χ3n) is 3.16. The van der Waals surface area contributed by atoms with E-state index in [0.717, 1.165) is 0 Å². The quantitative estimate of drug-likeness (QED) is 0.503. The summed E-state index contributed by atoms with van der Waals surface area (Å²) in [6.07, 6.45) is 1.29. The summed E-state index contributed by atoms with van der Waals surface area (Å²) in [6.45, 7) is 17.0. The Morgan fingerprint density at radius 3 is 1.27 bits per heavy atom. The molecule has 0 saturated carbocycles. The second-order valence-corrected chi connectivity index (χ2v) is 10.7. The largest absolute Gasteiger partial charge is 0.388 e. The van der Waals surface area contributed by atoms with Gasteiger partial charge in [0.1, 0.15) is 4.32 Å². The van der Waals surface area contributed by atoms with Crippen molar-refractivity contribution in [2.75, 3.05) is 13.1 Å². The third-order valence-corrected chi connectivity index (χ3v) is 3.70. The number of nitrogens with zero attached hydrogens (tertiary/aromatic N) is 1. The minimum Gasteiger partial charge on any atom is -0.388 e. The molecule has 0 radical (unpaired) electrons. The van der Waals surface area contributed by atoms with Gasteiger partial charge >= 0.3 is 0 Å². The van der Waals surface area contributed by atoms with Crippen LogP contribution in [0.5, 0.6) is 0 Å². The zero-order valence-corrected chi connectivity index (χ0v) is 17.2. The Hall–Kier alpha value is 0.160. The summed E-state index contributed by atoms with van der Waals surface area (Å²) in [5.74, 6) is 0. The predicted octanol–water partition coefficient (Wildman–Crippen LogP) is 3.88. The topological polar surface area (TPSA) is 43.7 Å². The molecule has 0 heterocycles. The van der Waals surface area contributed by atoms with E-state index in [0.29, 0.717) is 30.3 Å². The molecule has 0 aromatic rings. The Morgan fingerprint density at radius 2 is 1.09 bits per heavy atom. The van der Waals surface area contributed by atoms with Crippen LogP contribution in [0.25, 0.3) is 0 Å². The molecule has 0 saturated heterocycles. The molecule has 0 fully saturated rings. The van der Waals surface area contributed by atoms with E-state index >= 15 is 0 Å². The second kappa shape index (κ2) is 7.37. The first-order valence-corrected chi connectivity index (χ1v) is 8.71. The molecular weight excluding hydrogens is 314 g/mol. The fraction of sp³-hybridized carbons (Fsp3) is 0.941. The molecule has 132 valence electrons. The van der Waals surface area contributed by atoms with Crippen LogP contribution < -0.4 is 0 Å². The van der Waals surface area contributed by atoms with Crippen molar-refractivity contribution < 1.29 is 10.2 Å². The number of hydrogen-bond acceptors (Lipinski definition) is 3. The average Bonchev–Trinajstić information content (AvgIpc) is 2.05. The van der Waals surface area contributed by atoms with Crippen molar-refractivity contribution in [1.29, 1.82) is 0 Å². The molecule has 0 spiro atoms. The van der Waals surface area contributed by atoms with Crippen molar-refractivity contribution in [3.8, 4) is 0 Å². The van der Waals surface area contributed by atoms with Crippen LogP contribution >= 0.6 is 24.8 Å². The van der Waals surface area contributed by atoms with Gasteiger partial charge in [-0.05, 0) is 37.5 Å². The maximum Gasteiger partial charge on any atom is 0.133 e. The van der Waals surface area contributed by atoms with Crippen molar-refractivity contribution in [2.24, 2.45) is 10.8 Å². The lowest BCUT2D eigenvalue weighted by Crippen LogP contribution is -2.50. The first-order valence-electron chi connectivity index (χ1n) is 7.85. The average molecular weight is 350 g/mol. The van der Waals surface area contributed by atoms with Gasteiger partial charge in [0.15, 0.2) is 0 Å². The molecule has 2 atom stereocenters. The Bertz CT molecular complexity index is 349. The summed E-state index contributed by atoms with van der Waals surface area (Å²) in [4.78, 5) is 1.80. The summed E-state index contributed by atoms with van der Waals surface area (Å²) in [5, 5.41) is 21.4. The SMILES string of the molecule is CC(C)(C)CC(C)(O)CN(CC(C)(O)CC(C)(C)C)C(=S)S. The van der Waals surface area contributed by atoms with E-state index in [2.05, 4.69) is 54.2 Å². The molecule has 2 N–H and O–H groups in total. The maximum absolute atomic E-state index is 10.7. The van der Waals surface area contributed by atoms with Crippen LogP contribution in [0, 0.1) is 10.8 Å². The molecule has 0 amide bonds. The summed E-state index contributed by atoms with van der Waals surface area (Å²) >= 11 is 9.48. The van der Waals surface area contributed by atoms with Crippen molar-refractivity contribution >= 4 is 29.2 Å². The smallest absolute Gasteiger partial charge is 0.133 e. The molecule has 0 rings (SSSR count). The van der Waals surface area contributed by atoms with E-state index in [4.69, 9.17) is 12.2 Å². The highest BCUT2D eigenvalue weighted by Crippen LogP contribution is 2.31. The van der Waals surface area contributed by atoms with Crippen LogP contribution in [0.1, 0.15) is 68.2 Å². The van der Waals surface area contributed by atoms with Crippen molar-refractivity contribution in [3.05, 3.63) is 0 Å². The van der Waals surface area contributed by atoms with Gasteiger partial charge in [0, 0.05) is 13.1 Å². The number of aliphatic hydroxyl groups is 2.